The van der Waals surface area contributed by atoms with E-state index in [1.165, 1.54) is 16.8 Å². The fourth-order valence-electron chi connectivity index (χ4n) is 2.57. The van der Waals surface area contributed by atoms with Crippen molar-refractivity contribution in [3.8, 4) is 11.3 Å². The average molecular weight is 306 g/mol. The minimum atomic E-state index is 0.244. The van der Waals surface area contributed by atoms with Gasteiger partial charge in [0.2, 0.25) is 0 Å². The molecule has 4 heteroatoms. The average Bonchev–Trinajstić information content (AvgIpc) is 2.67. The molecule has 0 amide bonds. The second-order valence-electron chi connectivity index (χ2n) is 4.95. The summed E-state index contributed by atoms with van der Waals surface area (Å²) < 4.78 is 3.09. The van der Waals surface area contributed by atoms with Crippen LogP contribution >= 0.6 is 15.9 Å². The van der Waals surface area contributed by atoms with Crippen molar-refractivity contribution in [2.45, 2.75) is 32.4 Å². The first-order valence-corrected chi connectivity index (χ1v) is 7.02. The van der Waals surface area contributed by atoms with Crippen LogP contribution in [0.2, 0.25) is 0 Å². The van der Waals surface area contributed by atoms with Gasteiger partial charge in [0.1, 0.15) is 0 Å². The van der Waals surface area contributed by atoms with Crippen molar-refractivity contribution in [1.82, 2.24) is 9.55 Å². The van der Waals surface area contributed by atoms with Crippen LogP contribution in [-0.4, -0.2) is 15.6 Å². The van der Waals surface area contributed by atoms with Gasteiger partial charge in [-0.2, -0.15) is 0 Å². The van der Waals surface area contributed by atoms with E-state index >= 15 is 0 Å². The van der Waals surface area contributed by atoms with Crippen molar-refractivity contribution in [1.29, 1.82) is 0 Å². The Bertz CT molecular complexity index is 589. The molecular weight excluding hydrogens is 290 g/mol. The SMILES string of the molecule is Cc1cccc(-c2nc(Br)n3c2CCC(N)C3)c1. The molecule has 1 atom stereocenters. The van der Waals surface area contributed by atoms with E-state index < -0.39 is 0 Å². The summed E-state index contributed by atoms with van der Waals surface area (Å²) in [7, 11) is 0. The fourth-order valence-corrected chi connectivity index (χ4v) is 3.10. The van der Waals surface area contributed by atoms with Crippen molar-refractivity contribution in [3.63, 3.8) is 0 Å². The van der Waals surface area contributed by atoms with Gasteiger partial charge >= 0.3 is 0 Å². The predicted molar refractivity (Wildman–Crippen MR) is 76.4 cm³/mol. The number of halogens is 1. The third-order valence-electron chi connectivity index (χ3n) is 3.49. The quantitative estimate of drug-likeness (QED) is 0.880. The lowest BCUT2D eigenvalue weighted by Crippen LogP contribution is -2.31. The summed E-state index contributed by atoms with van der Waals surface area (Å²) in [6.07, 6.45) is 2.04. The zero-order valence-electron chi connectivity index (χ0n) is 10.4. The van der Waals surface area contributed by atoms with E-state index in [0.29, 0.717) is 0 Å². The van der Waals surface area contributed by atoms with Crippen LogP contribution in [0.25, 0.3) is 11.3 Å². The zero-order valence-corrected chi connectivity index (χ0v) is 11.9. The molecule has 2 N–H and O–H groups in total. The topological polar surface area (TPSA) is 43.8 Å². The molecule has 1 aromatic heterocycles. The molecule has 0 aliphatic carbocycles. The molecule has 0 saturated carbocycles. The second-order valence-corrected chi connectivity index (χ2v) is 5.66. The number of nitrogens with two attached hydrogens (primary N) is 1. The summed E-state index contributed by atoms with van der Waals surface area (Å²) >= 11 is 3.54. The molecular formula is C14H16BrN3. The van der Waals surface area contributed by atoms with E-state index in [4.69, 9.17) is 5.73 Å². The van der Waals surface area contributed by atoms with E-state index in [-0.39, 0.29) is 6.04 Å². The van der Waals surface area contributed by atoms with Crippen LogP contribution in [0.1, 0.15) is 17.7 Å². The van der Waals surface area contributed by atoms with Gasteiger partial charge in [0.15, 0.2) is 4.73 Å². The van der Waals surface area contributed by atoms with Crippen LogP contribution in [0.3, 0.4) is 0 Å². The third-order valence-corrected chi connectivity index (χ3v) is 4.09. The fraction of sp³-hybridized carbons (Fsp3) is 0.357. The van der Waals surface area contributed by atoms with Gasteiger partial charge in [0, 0.05) is 23.8 Å². The Morgan fingerprint density at radius 2 is 2.28 bits per heavy atom. The number of aromatic nitrogens is 2. The van der Waals surface area contributed by atoms with Gasteiger partial charge in [-0.3, -0.25) is 0 Å². The number of aryl methyl sites for hydroxylation is 1. The molecule has 18 heavy (non-hydrogen) atoms. The second kappa shape index (κ2) is 4.52. The molecule has 0 radical (unpaired) electrons. The van der Waals surface area contributed by atoms with Gasteiger partial charge < -0.3 is 10.3 Å². The van der Waals surface area contributed by atoms with Crippen LogP contribution in [0, 0.1) is 6.92 Å². The number of hydrogen-bond donors (Lipinski definition) is 1. The van der Waals surface area contributed by atoms with Crippen molar-refractivity contribution in [3.05, 3.63) is 40.3 Å². The lowest BCUT2D eigenvalue weighted by Gasteiger charge is -2.22. The first-order valence-electron chi connectivity index (χ1n) is 6.22. The maximum atomic E-state index is 6.02. The van der Waals surface area contributed by atoms with E-state index in [2.05, 4.69) is 56.7 Å². The highest BCUT2D eigenvalue weighted by Crippen LogP contribution is 2.30. The van der Waals surface area contributed by atoms with Crippen LogP contribution in [0.15, 0.2) is 29.0 Å². The normalized spacial score (nSPS) is 18.7. The molecule has 94 valence electrons. The molecule has 1 aromatic carbocycles. The van der Waals surface area contributed by atoms with Crippen LogP contribution in [-0.2, 0) is 13.0 Å². The number of nitrogens with zero attached hydrogens (tertiary/aromatic N) is 2. The molecule has 2 aromatic rings. The summed E-state index contributed by atoms with van der Waals surface area (Å²) in [5.74, 6) is 0. The highest BCUT2D eigenvalue weighted by molar-refractivity contribution is 9.10. The Labute approximate surface area is 115 Å². The predicted octanol–water partition coefficient (Wildman–Crippen LogP) is 2.89. The Hall–Kier alpha value is -1.13. The molecule has 3 nitrogen and oxygen atoms in total. The van der Waals surface area contributed by atoms with Crippen molar-refractivity contribution < 1.29 is 0 Å². The van der Waals surface area contributed by atoms with Crippen LogP contribution in [0.4, 0.5) is 0 Å². The Morgan fingerprint density at radius 1 is 1.44 bits per heavy atom. The highest BCUT2D eigenvalue weighted by atomic mass is 79.9. The summed E-state index contributed by atoms with van der Waals surface area (Å²) in [6.45, 7) is 2.96. The molecule has 1 aliphatic rings. The van der Waals surface area contributed by atoms with Gasteiger partial charge in [0.05, 0.1) is 5.69 Å². The molecule has 0 spiro atoms. The molecule has 1 unspecified atom stereocenters. The summed E-state index contributed by atoms with van der Waals surface area (Å²) in [5.41, 5.74) is 10.9. The molecule has 3 rings (SSSR count). The standard InChI is InChI=1S/C14H16BrN3/c1-9-3-2-4-10(7-9)13-12-6-5-11(16)8-18(12)14(15)17-13/h2-4,7,11H,5-6,8,16H2,1H3. The summed E-state index contributed by atoms with van der Waals surface area (Å²) in [6, 6.07) is 8.74. The molecule has 1 aliphatic heterocycles. The first-order chi connectivity index (χ1) is 8.65. The third kappa shape index (κ3) is 1.99. The molecule has 0 bridgehead atoms. The smallest absolute Gasteiger partial charge is 0.177 e. The van der Waals surface area contributed by atoms with Gasteiger partial charge in [0.25, 0.3) is 0 Å². The van der Waals surface area contributed by atoms with E-state index in [0.717, 1.165) is 29.8 Å². The first kappa shape index (κ1) is 11.9. The van der Waals surface area contributed by atoms with Crippen molar-refractivity contribution in [2.75, 3.05) is 0 Å². The minimum Gasteiger partial charge on any atom is -0.326 e. The maximum absolute atomic E-state index is 6.02. The van der Waals surface area contributed by atoms with Crippen LogP contribution < -0.4 is 5.73 Å². The van der Waals surface area contributed by atoms with Crippen molar-refractivity contribution >= 4 is 15.9 Å². The lowest BCUT2D eigenvalue weighted by atomic mass is 10.0. The summed E-state index contributed by atoms with van der Waals surface area (Å²) in [4.78, 5) is 4.66. The molecule has 0 fully saturated rings. The Kier molecular flexibility index (Phi) is 2.99. The lowest BCUT2D eigenvalue weighted by molar-refractivity contribution is 0.455. The number of hydrogen-bond acceptors (Lipinski definition) is 2. The highest BCUT2D eigenvalue weighted by Gasteiger charge is 2.23. The van der Waals surface area contributed by atoms with E-state index in [1.807, 2.05) is 0 Å². The molecule has 0 saturated heterocycles. The monoisotopic (exact) mass is 305 g/mol. The van der Waals surface area contributed by atoms with E-state index in [9.17, 15) is 0 Å². The summed E-state index contributed by atoms with van der Waals surface area (Å²) in [5, 5.41) is 0. The number of benzene rings is 1. The Balaban J connectivity index is 2.11. The minimum absolute atomic E-state index is 0.244. The maximum Gasteiger partial charge on any atom is 0.177 e. The number of rotatable bonds is 1. The zero-order chi connectivity index (χ0) is 12.7. The van der Waals surface area contributed by atoms with Gasteiger partial charge in [-0.25, -0.2) is 4.98 Å². The number of imidazole rings is 1. The van der Waals surface area contributed by atoms with E-state index in [1.54, 1.807) is 0 Å². The van der Waals surface area contributed by atoms with Gasteiger partial charge in [-0.1, -0.05) is 23.8 Å². The number of fused-ring (bicyclic) bond motifs is 1. The van der Waals surface area contributed by atoms with Crippen LogP contribution in [0.5, 0.6) is 0 Å². The van der Waals surface area contributed by atoms with Crippen molar-refractivity contribution in [2.24, 2.45) is 5.73 Å². The van der Waals surface area contributed by atoms with Gasteiger partial charge in [-0.15, -0.1) is 0 Å². The largest absolute Gasteiger partial charge is 0.326 e. The Morgan fingerprint density at radius 3 is 3.06 bits per heavy atom. The molecule has 2 heterocycles. The van der Waals surface area contributed by atoms with Gasteiger partial charge in [-0.05, 0) is 41.8 Å².